The molecule has 1 aromatic carbocycles. The summed E-state index contributed by atoms with van der Waals surface area (Å²) in [5.41, 5.74) is 0.446. The number of aromatic nitrogens is 1. The molecular formula is C13H12F3N3O3S. The Bertz CT molecular complexity index is 730. The maximum atomic E-state index is 12.2. The molecule has 6 nitrogen and oxygen atoms in total. The van der Waals surface area contributed by atoms with Crippen LogP contribution >= 0.6 is 11.3 Å². The molecule has 0 saturated heterocycles. The molecule has 1 aromatic heterocycles. The number of rotatable bonds is 5. The zero-order valence-electron chi connectivity index (χ0n) is 11.9. The maximum absolute atomic E-state index is 12.2. The van der Waals surface area contributed by atoms with Crippen LogP contribution in [0.3, 0.4) is 0 Å². The summed E-state index contributed by atoms with van der Waals surface area (Å²) >= 11 is 1.03. The van der Waals surface area contributed by atoms with Crippen LogP contribution in [-0.4, -0.2) is 29.7 Å². The molecule has 23 heavy (non-hydrogen) atoms. The molecule has 10 heteroatoms. The Hall–Kier alpha value is -2.36. The molecule has 0 aliphatic carbocycles. The van der Waals surface area contributed by atoms with E-state index in [1.54, 1.807) is 0 Å². The van der Waals surface area contributed by atoms with Crippen molar-refractivity contribution >= 4 is 38.5 Å². The highest BCUT2D eigenvalue weighted by Gasteiger charge is 2.31. The van der Waals surface area contributed by atoms with Crippen LogP contribution in [0.5, 0.6) is 5.75 Å². The van der Waals surface area contributed by atoms with Gasteiger partial charge in [0.25, 0.3) is 0 Å². The second-order valence-corrected chi connectivity index (χ2v) is 5.51. The predicted octanol–water partition coefficient (Wildman–Crippen LogP) is 2.66. The van der Waals surface area contributed by atoms with Crippen molar-refractivity contribution in [1.82, 2.24) is 10.3 Å². The van der Waals surface area contributed by atoms with Crippen LogP contribution in [0.4, 0.5) is 18.3 Å². The summed E-state index contributed by atoms with van der Waals surface area (Å²) in [5, 5.41) is 5.27. The number of alkyl halides is 3. The second-order valence-electron chi connectivity index (χ2n) is 4.48. The molecule has 0 unspecified atom stereocenters. The highest BCUT2D eigenvalue weighted by Crippen LogP contribution is 2.31. The van der Waals surface area contributed by atoms with Crippen LogP contribution in [0.25, 0.3) is 10.2 Å². The fourth-order valence-corrected chi connectivity index (χ4v) is 2.60. The Kier molecular flexibility index (Phi) is 5.04. The van der Waals surface area contributed by atoms with E-state index in [0.717, 1.165) is 17.4 Å². The lowest BCUT2D eigenvalue weighted by molar-refractivity contribution is -0.274. The van der Waals surface area contributed by atoms with Crippen molar-refractivity contribution in [3.05, 3.63) is 18.2 Å². The van der Waals surface area contributed by atoms with Crippen molar-refractivity contribution in [3.63, 3.8) is 0 Å². The van der Waals surface area contributed by atoms with Gasteiger partial charge in [0.1, 0.15) is 5.75 Å². The number of halogens is 3. The molecule has 0 saturated carbocycles. The Balaban J connectivity index is 2.02. The normalized spacial score (nSPS) is 11.3. The molecule has 124 valence electrons. The first-order chi connectivity index (χ1) is 10.7. The van der Waals surface area contributed by atoms with Crippen molar-refractivity contribution in [2.24, 2.45) is 0 Å². The minimum Gasteiger partial charge on any atom is -0.406 e. The van der Waals surface area contributed by atoms with Gasteiger partial charge in [0.2, 0.25) is 11.8 Å². The first kappa shape index (κ1) is 17.0. The standard InChI is InChI=1S/C13H12F3N3O3S/c1-7(20)17-5-4-11(21)19-12-18-9-3-2-8(6-10(9)23-12)22-13(14,15)16/h2-3,6H,4-5H2,1H3,(H,17,20)(H,18,19,21). The monoisotopic (exact) mass is 347 g/mol. The van der Waals surface area contributed by atoms with Gasteiger partial charge in [-0.15, -0.1) is 13.2 Å². The molecule has 0 fully saturated rings. The van der Waals surface area contributed by atoms with Crippen molar-refractivity contribution in [3.8, 4) is 5.75 Å². The number of benzene rings is 1. The fraction of sp³-hybridized carbons (Fsp3) is 0.308. The lowest BCUT2D eigenvalue weighted by Gasteiger charge is -2.07. The Labute approximate surface area is 132 Å². The number of amides is 2. The number of hydrogen-bond donors (Lipinski definition) is 2. The first-order valence-electron chi connectivity index (χ1n) is 6.43. The molecule has 1 heterocycles. The number of fused-ring (bicyclic) bond motifs is 1. The van der Waals surface area contributed by atoms with Gasteiger partial charge in [-0.05, 0) is 12.1 Å². The molecular weight excluding hydrogens is 335 g/mol. The van der Waals surface area contributed by atoms with Gasteiger partial charge in [-0.3, -0.25) is 9.59 Å². The summed E-state index contributed by atoms with van der Waals surface area (Å²) in [6.45, 7) is 1.53. The van der Waals surface area contributed by atoms with Crippen LogP contribution in [0.15, 0.2) is 18.2 Å². The molecule has 0 spiro atoms. The number of carbonyl (C=O) groups is 2. The topological polar surface area (TPSA) is 80.3 Å². The van der Waals surface area contributed by atoms with E-state index >= 15 is 0 Å². The smallest absolute Gasteiger partial charge is 0.406 e. The van der Waals surface area contributed by atoms with E-state index < -0.39 is 6.36 Å². The zero-order chi connectivity index (χ0) is 17.0. The third-order valence-electron chi connectivity index (χ3n) is 2.57. The number of nitrogens with zero attached hydrogens (tertiary/aromatic N) is 1. The second kappa shape index (κ2) is 6.82. The number of nitrogens with one attached hydrogen (secondary N) is 2. The number of thiazole rings is 1. The van der Waals surface area contributed by atoms with Gasteiger partial charge < -0.3 is 15.4 Å². The molecule has 0 aliphatic heterocycles. The van der Waals surface area contributed by atoms with E-state index in [9.17, 15) is 22.8 Å². The number of carbonyl (C=O) groups excluding carboxylic acids is 2. The molecule has 2 N–H and O–H groups in total. The van der Waals surface area contributed by atoms with Gasteiger partial charge in [-0.25, -0.2) is 4.98 Å². The minimum atomic E-state index is -4.76. The minimum absolute atomic E-state index is 0.0674. The van der Waals surface area contributed by atoms with Crippen molar-refractivity contribution < 1.29 is 27.5 Å². The lowest BCUT2D eigenvalue weighted by atomic mass is 10.3. The third kappa shape index (κ3) is 5.40. The van der Waals surface area contributed by atoms with E-state index in [4.69, 9.17) is 0 Å². The summed E-state index contributed by atoms with van der Waals surface area (Å²) in [6.07, 6.45) is -4.70. The van der Waals surface area contributed by atoms with E-state index in [1.807, 2.05) is 0 Å². The average molecular weight is 347 g/mol. The summed E-state index contributed by atoms with van der Waals surface area (Å²) in [5.74, 6) is -0.947. The predicted molar refractivity (Wildman–Crippen MR) is 78.2 cm³/mol. The van der Waals surface area contributed by atoms with Gasteiger partial charge in [0.05, 0.1) is 10.2 Å². The van der Waals surface area contributed by atoms with E-state index in [-0.39, 0.29) is 35.7 Å². The number of anilines is 1. The average Bonchev–Trinajstić information content (AvgIpc) is 2.77. The van der Waals surface area contributed by atoms with Crippen molar-refractivity contribution in [2.45, 2.75) is 19.7 Å². The van der Waals surface area contributed by atoms with Crippen LogP contribution in [0, 0.1) is 0 Å². The van der Waals surface area contributed by atoms with Crippen LogP contribution in [0.2, 0.25) is 0 Å². The Morgan fingerprint density at radius 1 is 1.35 bits per heavy atom. The fourth-order valence-electron chi connectivity index (χ4n) is 1.69. The summed E-state index contributed by atoms with van der Waals surface area (Å²) in [7, 11) is 0. The Morgan fingerprint density at radius 2 is 2.09 bits per heavy atom. The summed E-state index contributed by atoms with van der Waals surface area (Å²) in [6, 6.07) is 3.73. The Morgan fingerprint density at radius 3 is 2.74 bits per heavy atom. The first-order valence-corrected chi connectivity index (χ1v) is 7.25. The third-order valence-corrected chi connectivity index (χ3v) is 3.50. The van der Waals surface area contributed by atoms with E-state index in [0.29, 0.717) is 10.2 Å². The number of ether oxygens (including phenoxy) is 1. The highest BCUT2D eigenvalue weighted by molar-refractivity contribution is 7.22. The van der Waals surface area contributed by atoms with Crippen molar-refractivity contribution in [2.75, 3.05) is 11.9 Å². The maximum Gasteiger partial charge on any atom is 0.573 e. The quantitative estimate of drug-likeness (QED) is 0.871. The van der Waals surface area contributed by atoms with Gasteiger partial charge >= 0.3 is 6.36 Å². The van der Waals surface area contributed by atoms with Crippen LogP contribution in [-0.2, 0) is 9.59 Å². The van der Waals surface area contributed by atoms with Crippen LogP contribution < -0.4 is 15.4 Å². The molecule has 2 amide bonds. The van der Waals surface area contributed by atoms with E-state index in [2.05, 4.69) is 20.4 Å². The largest absolute Gasteiger partial charge is 0.573 e. The molecule has 0 aliphatic rings. The van der Waals surface area contributed by atoms with Gasteiger partial charge in [-0.1, -0.05) is 11.3 Å². The summed E-state index contributed by atoms with van der Waals surface area (Å²) in [4.78, 5) is 26.4. The van der Waals surface area contributed by atoms with Gasteiger partial charge in [0, 0.05) is 26.0 Å². The molecule has 0 radical (unpaired) electrons. The van der Waals surface area contributed by atoms with Gasteiger partial charge in [0.15, 0.2) is 5.13 Å². The number of hydrogen-bond acceptors (Lipinski definition) is 5. The van der Waals surface area contributed by atoms with Crippen molar-refractivity contribution in [1.29, 1.82) is 0 Å². The molecule has 2 rings (SSSR count). The molecule has 2 aromatic rings. The van der Waals surface area contributed by atoms with Crippen LogP contribution in [0.1, 0.15) is 13.3 Å². The molecule has 0 atom stereocenters. The SMILES string of the molecule is CC(=O)NCCC(=O)Nc1nc2ccc(OC(F)(F)F)cc2s1. The summed E-state index contributed by atoms with van der Waals surface area (Å²) < 4.78 is 40.8. The lowest BCUT2D eigenvalue weighted by Crippen LogP contribution is -2.25. The zero-order valence-corrected chi connectivity index (χ0v) is 12.7. The van der Waals surface area contributed by atoms with E-state index in [1.165, 1.54) is 19.1 Å². The molecule has 0 bridgehead atoms. The van der Waals surface area contributed by atoms with Gasteiger partial charge in [-0.2, -0.15) is 0 Å². The highest BCUT2D eigenvalue weighted by atomic mass is 32.1.